The summed E-state index contributed by atoms with van der Waals surface area (Å²) in [5.41, 5.74) is 1.83. The second kappa shape index (κ2) is 7.64. The quantitative estimate of drug-likeness (QED) is 0.715. The van der Waals surface area contributed by atoms with E-state index in [-0.39, 0.29) is 23.9 Å². The third kappa shape index (κ3) is 3.82. The van der Waals surface area contributed by atoms with Crippen molar-refractivity contribution in [1.82, 2.24) is 14.7 Å². The normalized spacial score (nSPS) is 20.5. The van der Waals surface area contributed by atoms with Gasteiger partial charge < -0.3 is 14.4 Å². The van der Waals surface area contributed by atoms with Gasteiger partial charge in [0.1, 0.15) is 11.4 Å². The lowest BCUT2D eigenvalue weighted by Gasteiger charge is -2.46. The summed E-state index contributed by atoms with van der Waals surface area (Å²) in [6.07, 6.45) is 1.81. The molecule has 1 amide bonds. The number of hydrogen-bond acceptors (Lipinski definition) is 4. The van der Waals surface area contributed by atoms with E-state index in [0.29, 0.717) is 43.5 Å². The standard InChI is InChI=1S/C21H26FN3O3/c1-15-9-19(23-24(15)2)20(26)25-13-21(14-25)10-16(11-28-21)7-8-27-12-17-5-3-4-6-18(17)22/h3-6,9,16H,7-8,10-14H2,1-2H3. The number of rotatable bonds is 6. The molecule has 0 saturated carbocycles. The Morgan fingerprint density at radius 3 is 2.89 bits per heavy atom. The van der Waals surface area contributed by atoms with Crippen molar-refractivity contribution in [3.8, 4) is 0 Å². The molecule has 28 heavy (non-hydrogen) atoms. The molecule has 0 radical (unpaired) electrons. The van der Waals surface area contributed by atoms with Crippen LogP contribution in [-0.2, 0) is 23.1 Å². The molecule has 1 spiro atoms. The van der Waals surface area contributed by atoms with E-state index in [2.05, 4.69) is 5.10 Å². The van der Waals surface area contributed by atoms with Crippen molar-refractivity contribution >= 4 is 5.91 Å². The average molecular weight is 387 g/mol. The molecule has 2 saturated heterocycles. The number of benzene rings is 1. The number of aryl methyl sites for hydroxylation is 2. The van der Waals surface area contributed by atoms with Crippen molar-refractivity contribution in [3.05, 3.63) is 53.1 Å². The Morgan fingerprint density at radius 1 is 1.39 bits per heavy atom. The maximum atomic E-state index is 13.6. The molecule has 0 bridgehead atoms. The lowest BCUT2D eigenvalue weighted by atomic mass is 9.86. The number of nitrogens with zero attached hydrogens (tertiary/aromatic N) is 3. The van der Waals surface area contributed by atoms with Gasteiger partial charge in [-0.05, 0) is 37.8 Å². The Bertz CT molecular complexity index is 841. The molecule has 0 N–H and O–H groups in total. The smallest absolute Gasteiger partial charge is 0.274 e. The monoisotopic (exact) mass is 387 g/mol. The highest BCUT2D eigenvalue weighted by Crippen LogP contribution is 2.39. The minimum Gasteiger partial charge on any atom is -0.377 e. The highest BCUT2D eigenvalue weighted by atomic mass is 19.1. The van der Waals surface area contributed by atoms with Crippen molar-refractivity contribution < 1.29 is 18.7 Å². The Morgan fingerprint density at radius 2 is 2.18 bits per heavy atom. The van der Waals surface area contributed by atoms with Crippen molar-refractivity contribution in [2.75, 3.05) is 26.3 Å². The minimum absolute atomic E-state index is 0.0328. The van der Waals surface area contributed by atoms with Crippen molar-refractivity contribution in [2.24, 2.45) is 13.0 Å². The van der Waals surface area contributed by atoms with Crippen LogP contribution < -0.4 is 0 Å². The summed E-state index contributed by atoms with van der Waals surface area (Å²) in [6.45, 7) is 4.72. The van der Waals surface area contributed by atoms with E-state index >= 15 is 0 Å². The molecule has 1 unspecified atom stereocenters. The number of likely N-dealkylation sites (tertiary alicyclic amines) is 1. The number of halogens is 1. The van der Waals surface area contributed by atoms with E-state index in [4.69, 9.17) is 9.47 Å². The predicted molar refractivity (Wildman–Crippen MR) is 101 cm³/mol. The van der Waals surface area contributed by atoms with E-state index in [9.17, 15) is 9.18 Å². The molecule has 2 aliphatic heterocycles. The van der Waals surface area contributed by atoms with Gasteiger partial charge >= 0.3 is 0 Å². The van der Waals surface area contributed by atoms with Gasteiger partial charge in [0.05, 0.1) is 26.3 Å². The SMILES string of the molecule is Cc1cc(C(=O)N2CC3(CC(CCOCc4ccccc4F)CO3)C2)nn1C. The number of aromatic nitrogens is 2. The van der Waals surface area contributed by atoms with Gasteiger partial charge in [-0.2, -0.15) is 5.10 Å². The molecular formula is C21H26FN3O3. The van der Waals surface area contributed by atoms with Crippen LogP contribution in [0.25, 0.3) is 0 Å². The number of amides is 1. The largest absolute Gasteiger partial charge is 0.377 e. The van der Waals surface area contributed by atoms with Crippen LogP contribution >= 0.6 is 0 Å². The van der Waals surface area contributed by atoms with Gasteiger partial charge in [0.15, 0.2) is 5.69 Å². The summed E-state index contributed by atoms with van der Waals surface area (Å²) in [4.78, 5) is 14.3. The van der Waals surface area contributed by atoms with Gasteiger partial charge in [-0.25, -0.2) is 4.39 Å². The number of carbonyl (C=O) groups is 1. The van der Waals surface area contributed by atoms with Gasteiger partial charge in [-0.15, -0.1) is 0 Å². The van der Waals surface area contributed by atoms with E-state index in [1.807, 2.05) is 26.1 Å². The summed E-state index contributed by atoms with van der Waals surface area (Å²) in [7, 11) is 1.84. The Labute approximate surface area is 164 Å². The lowest BCUT2D eigenvalue weighted by molar-refractivity contribution is -0.0952. The molecule has 1 atom stereocenters. The van der Waals surface area contributed by atoms with Crippen LogP contribution in [0.2, 0.25) is 0 Å². The van der Waals surface area contributed by atoms with E-state index < -0.39 is 0 Å². The lowest BCUT2D eigenvalue weighted by Crippen LogP contribution is -2.63. The molecule has 2 fully saturated rings. The predicted octanol–water partition coefficient (Wildman–Crippen LogP) is 2.71. The van der Waals surface area contributed by atoms with E-state index in [0.717, 1.165) is 18.5 Å². The number of hydrogen-bond donors (Lipinski definition) is 0. The molecule has 2 aliphatic rings. The molecular weight excluding hydrogens is 361 g/mol. The van der Waals surface area contributed by atoms with Crippen LogP contribution in [0.5, 0.6) is 0 Å². The summed E-state index contributed by atoms with van der Waals surface area (Å²) in [5.74, 6) is 0.151. The molecule has 6 nitrogen and oxygen atoms in total. The highest BCUT2D eigenvalue weighted by molar-refractivity contribution is 5.93. The van der Waals surface area contributed by atoms with Crippen LogP contribution in [0.1, 0.15) is 34.6 Å². The van der Waals surface area contributed by atoms with E-state index in [1.54, 1.807) is 21.7 Å². The molecule has 2 aromatic rings. The van der Waals surface area contributed by atoms with Crippen LogP contribution in [0.15, 0.2) is 30.3 Å². The Balaban J connectivity index is 1.20. The molecule has 1 aromatic carbocycles. The van der Waals surface area contributed by atoms with Crippen molar-refractivity contribution in [2.45, 2.75) is 32.0 Å². The minimum atomic E-state index is -0.229. The zero-order chi connectivity index (χ0) is 19.7. The van der Waals surface area contributed by atoms with Gasteiger partial charge in [-0.3, -0.25) is 9.48 Å². The number of ether oxygens (including phenoxy) is 2. The van der Waals surface area contributed by atoms with Gasteiger partial charge in [0, 0.05) is 24.9 Å². The van der Waals surface area contributed by atoms with Crippen LogP contribution in [0.3, 0.4) is 0 Å². The maximum absolute atomic E-state index is 13.6. The zero-order valence-electron chi connectivity index (χ0n) is 16.4. The first kappa shape index (κ1) is 19.1. The second-order valence-electron chi connectivity index (χ2n) is 7.95. The summed E-state index contributed by atoms with van der Waals surface area (Å²) in [6, 6.07) is 8.50. The van der Waals surface area contributed by atoms with Crippen LogP contribution in [-0.4, -0.2) is 52.5 Å². The molecule has 7 heteroatoms. The molecule has 1 aromatic heterocycles. The Kier molecular flexibility index (Phi) is 5.21. The summed E-state index contributed by atoms with van der Waals surface area (Å²) >= 11 is 0. The Hall–Kier alpha value is -2.25. The fourth-order valence-electron chi connectivity index (χ4n) is 4.01. The van der Waals surface area contributed by atoms with Crippen LogP contribution in [0, 0.1) is 18.7 Å². The zero-order valence-corrected chi connectivity index (χ0v) is 16.4. The molecule has 4 rings (SSSR count). The first-order valence-corrected chi connectivity index (χ1v) is 9.71. The van der Waals surface area contributed by atoms with Gasteiger partial charge in [0.2, 0.25) is 0 Å². The van der Waals surface area contributed by atoms with Gasteiger partial charge in [-0.1, -0.05) is 18.2 Å². The maximum Gasteiger partial charge on any atom is 0.274 e. The third-order valence-corrected chi connectivity index (χ3v) is 5.75. The van der Waals surface area contributed by atoms with Crippen molar-refractivity contribution in [3.63, 3.8) is 0 Å². The molecule has 0 aliphatic carbocycles. The average Bonchev–Trinajstić information content (AvgIpc) is 3.22. The van der Waals surface area contributed by atoms with Crippen LogP contribution in [0.4, 0.5) is 4.39 Å². The number of carbonyl (C=O) groups excluding carboxylic acids is 1. The summed E-state index contributed by atoms with van der Waals surface area (Å²) in [5, 5.41) is 4.27. The fraction of sp³-hybridized carbons (Fsp3) is 0.524. The molecule has 150 valence electrons. The third-order valence-electron chi connectivity index (χ3n) is 5.75. The van der Waals surface area contributed by atoms with E-state index in [1.165, 1.54) is 6.07 Å². The second-order valence-corrected chi connectivity index (χ2v) is 7.95. The van der Waals surface area contributed by atoms with Gasteiger partial charge in [0.25, 0.3) is 5.91 Å². The fourth-order valence-corrected chi connectivity index (χ4v) is 4.01. The first-order valence-electron chi connectivity index (χ1n) is 9.71. The highest BCUT2D eigenvalue weighted by Gasteiger charge is 2.51. The molecule has 3 heterocycles. The topological polar surface area (TPSA) is 56.6 Å². The first-order chi connectivity index (χ1) is 13.5. The summed E-state index contributed by atoms with van der Waals surface area (Å²) < 4.78 is 27.0. The van der Waals surface area contributed by atoms with Crippen molar-refractivity contribution in [1.29, 1.82) is 0 Å².